The van der Waals surface area contributed by atoms with Gasteiger partial charge < -0.3 is 5.73 Å². The number of nitrogens with two attached hydrogens (primary N) is 1. The first-order valence-electron chi connectivity index (χ1n) is 4.49. The van der Waals surface area contributed by atoms with E-state index in [-0.39, 0.29) is 0 Å². The Bertz CT molecular complexity index is 138. The first-order chi connectivity index (χ1) is 4.94. The van der Waals surface area contributed by atoms with Gasteiger partial charge in [-0.15, -0.1) is 0 Å². The second-order valence-electron chi connectivity index (χ2n) is 4.77. The minimum absolute atomic E-state index is 0.386. The van der Waals surface area contributed by atoms with E-state index in [1.54, 1.807) is 0 Å². The van der Waals surface area contributed by atoms with Crippen molar-refractivity contribution in [3.63, 3.8) is 0 Å². The van der Waals surface area contributed by atoms with Crippen molar-refractivity contribution in [3.05, 3.63) is 5.92 Å². The first kappa shape index (κ1) is 9.05. The second kappa shape index (κ2) is 2.78. The van der Waals surface area contributed by atoms with Gasteiger partial charge in [0.25, 0.3) is 0 Å². The zero-order valence-electron chi connectivity index (χ0n) is 8.15. The lowest BCUT2D eigenvalue weighted by atomic mass is 9.57. The third kappa shape index (κ3) is 1.58. The summed E-state index contributed by atoms with van der Waals surface area (Å²) in [5.41, 5.74) is 6.30. The Morgan fingerprint density at radius 2 is 2.00 bits per heavy atom. The third-order valence-corrected chi connectivity index (χ3v) is 3.20. The molecule has 0 heterocycles. The van der Waals surface area contributed by atoms with Gasteiger partial charge in [-0.05, 0) is 30.1 Å². The van der Waals surface area contributed by atoms with Crippen LogP contribution in [-0.4, -0.2) is 6.04 Å². The summed E-state index contributed by atoms with van der Waals surface area (Å²) in [6.45, 7) is 8.99. The highest BCUT2D eigenvalue weighted by atomic mass is 14.8. The summed E-state index contributed by atoms with van der Waals surface area (Å²) in [4.78, 5) is 0. The molecule has 1 rings (SSSR count). The van der Waals surface area contributed by atoms with Gasteiger partial charge in [-0.2, -0.15) is 0 Å². The Morgan fingerprint density at radius 3 is 2.27 bits per heavy atom. The molecule has 1 heteroatoms. The number of hydrogen-bond donors (Lipinski definition) is 1. The van der Waals surface area contributed by atoms with Crippen LogP contribution in [-0.2, 0) is 0 Å². The summed E-state index contributed by atoms with van der Waals surface area (Å²) < 4.78 is 0. The zero-order chi connectivity index (χ0) is 8.65. The summed E-state index contributed by atoms with van der Waals surface area (Å²) in [5, 5.41) is 0. The molecule has 0 aromatic heterocycles. The molecule has 0 saturated heterocycles. The maximum absolute atomic E-state index is 5.91. The topological polar surface area (TPSA) is 26.0 Å². The van der Waals surface area contributed by atoms with Crippen LogP contribution in [0.3, 0.4) is 0 Å². The lowest BCUT2D eigenvalue weighted by molar-refractivity contribution is 0.0346. The quantitative estimate of drug-likeness (QED) is 0.649. The maximum atomic E-state index is 5.91. The number of rotatable bonds is 2. The Morgan fingerprint density at radius 1 is 1.45 bits per heavy atom. The molecular weight excluding hydrogens is 134 g/mol. The molecule has 65 valence electrons. The monoisotopic (exact) mass is 154 g/mol. The molecule has 0 aliphatic heterocycles. The maximum Gasteiger partial charge on any atom is 0.00957 e. The van der Waals surface area contributed by atoms with E-state index >= 15 is 0 Å². The third-order valence-electron chi connectivity index (χ3n) is 3.20. The Hall–Kier alpha value is -0.0400. The van der Waals surface area contributed by atoms with Gasteiger partial charge in [0, 0.05) is 6.04 Å². The molecule has 0 spiro atoms. The van der Waals surface area contributed by atoms with Crippen LogP contribution in [0.15, 0.2) is 0 Å². The molecule has 0 aromatic carbocycles. The molecule has 1 fully saturated rings. The summed E-state index contributed by atoms with van der Waals surface area (Å²) in [5.74, 6) is 2.37. The fraction of sp³-hybridized carbons (Fsp3) is 0.900. The smallest absolute Gasteiger partial charge is 0.00957 e. The molecule has 1 saturated carbocycles. The molecule has 2 atom stereocenters. The van der Waals surface area contributed by atoms with E-state index < -0.39 is 0 Å². The predicted molar refractivity (Wildman–Crippen MR) is 49.1 cm³/mol. The second-order valence-corrected chi connectivity index (χ2v) is 4.77. The van der Waals surface area contributed by atoms with Crippen LogP contribution in [0.2, 0.25) is 0 Å². The van der Waals surface area contributed by atoms with Crippen LogP contribution in [0, 0.1) is 17.3 Å². The molecule has 1 radical (unpaired) electrons. The van der Waals surface area contributed by atoms with Gasteiger partial charge in [-0.25, -0.2) is 0 Å². The van der Waals surface area contributed by atoms with Crippen molar-refractivity contribution >= 4 is 0 Å². The molecule has 11 heavy (non-hydrogen) atoms. The van der Waals surface area contributed by atoms with Gasteiger partial charge >= 0.3 is 0 Å². The Balaban J connectivity index is 2.40. The Kier molecular flexibility index (Phi) is 2.29. The molecule has 0 amide bonds. The molecule has 1 nitrogen and oxygen atoms in total. The van der Waals surface area contributed by atoms with E-state index in [9.17, 15) is 0 Å². The van der Waals surface area contributed by atoms with Crippen LogP contribution in [0.4, 0.5) is 0 Å². The zero-order valence-corrected chi connectivity index (χ0v) is 8.15. The van der Waals surface area contributed by atoms with Crippen LogP contribution in [0.25, 0.3) is 0 Å². The van der Waals surface area contributed by atoms with Gasteiger partial charge in [0.1, 0.15) is 0 Å². The fourth-order valence-electron chi connectivity index (χ4n) is 1.90. The van der Waals surface area contributed by atoms with Crippen molar-refractivity contribution in [2.45, 2.75) is 46.6 Å². The average Bonchev–Trinajstić information content (AvgIpc) is 1.87. The standard InChI is InChI=1S/C10H20N/c1-7(2)5-8-6-9(11)10(8,3)4/h8-9H,5-6,11H2,1-4H3. The normalized spacial score (nSPS) is 35.5. The highest BCUT2D eigenvalue weighted by molar-refractivity contribution is 5.02. The molecule has 1 aliphatic carbocycles. The van der Waals surface area contributed by atoms with Crippen molar-refractivity contribution < 1.29 is 0 Å². The van der Waals surface area contributed by atoms with Crippen LogP contribution in [0.5, 0.6) is 0 Å². The minimum atomic E-state index is 0.386. The van der Waals surface area contributed by atoms with Crippen LogP contribution < -0.4 is 5.73 Å². The van der Waals surface area contributed by atoms with Gasteiger partial charge in [0.05, 0.1) is 0 Å². The van der Waals surface area contributed by atoms with Crippen molar-refractivity contribution in [2.75, 3.05) is 0 Å². The SMILES string of the molecule is C[C](C)CC1CC(N)C1(C)C. The lowest BCUT2D eigenvalue weighted by Crippen LogP contribution is -2.54. The van der Waals surface area contributed by atoms with Crippen molar-refractivity contribution in [1.29, 1.82) is 0 Å². The van der Waals surface area contributed by atoms with Gasteiger partial charge in [0.15, 0.2) is 0 Å². The van der Waals surface area contributed by atoms with E-state index in [4.69, 9.17) is 5.73 Å². The summed E-state index contributed by atoms with van der Waals surface area (Å²) >= 11 is 0. The molecule has 0 aromatic rings. The largest absolute Gasteiger partial charge is 0.327 e. The van der Waals surface area contributed by atoms with E-state index in [2.05, 4.69) is 27.7 Å². The first-order valence-corrected chi connectivity index (χ1v) is 4.49. The van der Waals surface area contributed by atoms with Crippen molar-refractivity contribution in [3.8, 4) is 0 Å². The fourth-order valence-corrected chi connectivity index (χ4v) is 1.90. The van der Waals surface area contributed by atoms with Gasteiger partial charge in [-0.1, -0.05) is 27.7 Å². The van der Waals surface area contributed by atoms with E-state index in [0.29, 0.717) is 11.5 Å². The Labute approximate surface area is 70.4 Å². The molecule has 1 aliphatic rings. The van der Waals surface area contributed by atoms with Crippen LogP contribution >= 0.6 is 0 Å². The summed E-state index contributed by atoms with van der Waals surface area (Å²) in [6.07, 6.45) is 2.49. The van der Waals surface area contributed by atoms with E-state index in [1.807, 2.05) is 0 Å². The minimum Gasteiger partial charge on any atom is -0.327 e. The summed E-state index contributed by atoms with van der Waals surface area (Å²) in [6, 6.07) is 0.437. The molecule has 0 bridgehead atoms. The molecule has 2 unspecified atom stereocenters. The highest BCUT2D eigenvalue weighted by Gasteiger charge is 2.45. The number of hydrogen-bond acceptors (Lipinski definition) is 1. The van der Waals surface area contributed by atoms with Gasteiger partial charge in [-0.3, -0.25) is 0 Å². The van der Waals surface area contributed by atoms with Crippen molar-refractivity contribution in [2.24, 2.45) is 17.1 Å². The van der Waals surface area contributed by atoms with Crippen molar-refractivity contribution in [1.82, 2.24) is 0 Å². The van der Waals surface area contributed by atoms with Crippen LogP contribution in [0.1, 0.15) is 40.5 Å². The lowest BCUT2D eigenvalue weighted by Gasteiger charge is -2.51. The average molecular weight is 154 g/mol. The summed E-state index contributed by atoms with van der Waals surface area (Å²) in [7, 11) is 0. The van der Waals surface area contributed by atoms with E-state index in [1.165, 1.54) is 18.8 Å². The molecule has 2 N–H and O–H groups in total. The van der Waals surface area contributed by atoms with Gasteiger partial charge in [0.2, 0.25) is 0 Å². The van der Waals surface area contributed by atoms with E-state index in [0.717, 1.165) is 5.92 Å². The highest BCUT2D eigenvalue weighted by Crippen LogP contribution is 2.48. The predicted octanol–water partition coefficient (Wildman–Crippen LogP) is 2.36. The molecular formula is C10H20N.